The zero-order valence-electron chi connectivity index (χ0n) is 9.57. The quantitative estimate of drug-likeness (QED) is 0.548. The summed E-state index contributed by atoms with van der Waals surface area (Å²) in [5.41, 5.74) is -0.978. The first kappa shape index (κ1) is 15.2. The van der Waals surface area contributed by atoms with E-state index in [1.54, 1.807) is 0 Å². The molecule has 0 radical (unpaired) electrons. The van der Waals surface area contributed by atoms with Crippen molar-refractivity contribution in [1.29, 1.82) is 0 Å². The SMILES string of the molecule is NS(=O)(=O)c1cc2[nH]c(=O)c(P(=O)(O)O)cc2cc1Cl. The van der Waals surface area contributed by atoms with Crippen LogP contribution >= 0.6 is 19.2 Å². The number of halogens is 1. The van der Waals surface area contributed by atoms with Crippen LogP contribution in [-0.4, -0.2) is 23.2 Å². The van der Waals surface area contributed by atoms with Gasteiger partial charge in [0.05, 0.1) is 5.02 Å². The monoisotopic (exact) mass is 338 g/mol. The van der Waals surface area contributed by atoms with Gasteiger partial charge in [-0.25, -0.2) is 13.6 Å². The molecule has 2 rings (SSSR count). The van der Waals surface area contributed by atoms with Crippen LogP contribution in [0.5, 0.6) is 0 Å². The molecule has 0 aliphatic rings. The minimum absolute atomic E-state index is 0.0422. The van der Waals surface area contributed by atoms with E-state index in [1.165, 1.54) is 0 Å². The van der Waals surface area contributed by atoms with Crippen LogP contribution in [0, 0.1) is 0 Å². The molecule has 0 spiro atoms. The summed E-state index contributed by atoms with van der Waals surface area (Å²) in [6, 6.07) is 3.12. The van der Waals surface area contributed by atoms with Crippen LogP contribution in [-0.2, 0) is 14.6 Å². The Morgan fingerprint density at radius 3 is 2.35 bits per heavy atom. The number of nitrogens with one attached hydrogen (secondary N) is 1. The minimum atomic E-state index is -4.75. The summed E-state index contributed by atoms with van der Waals surface area (Å²) in [4.78, 5) is 31.4. The molecule has 2 aromatic rings. The number of sulfonamides is 1. The van der Waals surface area contributed by atoms with Crippen LogP contribution in [0.3, 0.4) is 0 Å². The number of aromatic amines is 1. The lowest BCUT2D eigenvalue weighted by Crippen LogP contribution is -2.27. The number of hydrogen-bond acceptors (Lipinski definition) is 4. The smallest absolute Gasteiger partial charge is 0.321 e. The van der Waals surface area contributed by atoms with Gasteiger partial charge in [0, 0.05) is 10.9 Å². The lowest BCUT2D eigenvalue weighted by atomic mass is 10.2. The van der Waals surface area contributed by atoms with Crippen molar-refractivity contribution in [2.45, 2.75) is 4.90 Å². The second-order valence-electron chi connectivity index (χ2n) is 3.94. The van der Waals surface area contributed by atoms with E-state index < -0.39 is 33.4 Å². The Morgan fingerprint density at radius 1 is 1.25 bits per heavy atom. The molecule has 5 N–H and O–H groups in total. The number of primary sulfonamides is 1. The fourth-order valence-corrected chi connectivity index (χ4v) is 3.37. The lowest BCUT2D eigenvalue weighted by Gasteiger charge is -2.07. The molecular formula is C9H8ClN2O6PS. The first-order valence-electron chi connectivity index (χ1n) is 4.95. The molecule has 0 aliphatic heterocycles. The van der Waals surface area contributed by atoms with Gasteiger partial charge in [0.25, 0.3) is 5.56 Å². The van der Waals surface area contributed by atoms with Crippen LogP contribution in [0.1, 0.15) is 0 Å². The first-order chi connectivity index (χ1) is 9.00. The van der Waals surface area contributed by atoms with Gasteiger partial charge < -0.3 is 14.8 Å². The topological polar surface area (TPSA) is 151 Å². The van der Waals surface area contributed by atoms with Gasteiger partial charge in [0.1, 0.15) is 10.2 Å². The van der Waals surface area contributed by atoms with Gasteiger partial charge in [-0.1, -0.05) is 11.6 Å². The Bertz CT molecular complexity index is 916. The molecule has 0 atom stereocenters. The average Bonchev–Trinajstić information content (AvgIpc) is 2.25. The molecule has 20 heavy (non-hydrogen) atoms. The Labute approximate surface area is 117 Å². The summed E-state index contributed by atoms with van der Waals surface area (Å²) in [6.45, 7) is 0. The summed E-state index contributed by atoms with van der Waals surface area (Å²) < 4.78 is 33.7. The van der Waals surface area contributed by atoms with E-state index in [0.717, 1.165) is 18.2 Å². The highest BCUT2D eigenvalue weighted by Gasteiger charge is 2.23. The zero-order valence-corrected chi connectivity index (χ0v) is 12.0. The number of benzene rings is 1. The van der Waals surface area contributed by atoms with Crippen molar-refractivity contribution in [3.8, 4) is 0 Å². The van der Waals surface area contributed by atoms with Crippen molar-refractivity contribution < 1.29 is 22.8 Å². The van der Waals surface area contributed by atoms with Gasteiger partial charge in [0.15, 0.2) is 0 Å². The predicted molar refractivity (Wildman–Crippen MR) is 72.6 cm³/mol. The van der Waals surface area contributed by atoms with Crippen molar-refractivity contribution in [3.63, 3.8) is 0 Å². The first-order valence-corrected chi connectivity index (χ1v) is 8.49. The maximum atomic E-state index is 11.6. The van der Waals surface area contributed by atoms with Crippen molar-refractivity contribution in [3.05, 3.63) is 33.6 Å². The highest BCUT2D eigenvalue weighted by molar-refractivity contribution is 7.89. The molecule has 1 heterocycles. The van der Waals surface area contributed by atoms with Crippen molar-refractivity contribution in [1.82, 2.24) is 4.98 Å². The molecule has 11 heteroatoms. The number of fused-ring (bicyclic) bond motifs is 1. The molecule has 0 fully saturated rings. The largest absolute Gasteiger partial charge is 0.361 e. The molecule has 0 bridgehead atoms. The van der Waals surface area contributed by atoms with Crippen molar-refractivity contribution in [2.24, 2.45) is 5.14 Å². The Kier molecular flexibility index (Phi) is 3.53. The Balaban J connectivity index is 2.88. The van der Waals surface area contributed by atoms with Crippen LogP contribution in [0.25, 0.3) is 10.9 Å². The minimum Gasteiger partial charge on any atom is -0.321 e. The number of aromatic nitrogens is 1. The Hall–Kier alpha value is -1.22. The molecule has 0 unspecified atom stereocenters. The number of hydrogen-bond donors (Lipinski definition) is 4. The summed E-state index contributed by atoms with van der Waals surface area (Å²) in [5, 5.41) is 4.17. The molecule has 0 saturated heterocycles. The van der Waals surface area contributed by atoms with E-state index in [2.05, 4.69) is 4.98 Å². The third-order valence-electron chi connectivity index (χ3n) is 2.50. The Morgan fingerprint density at radius 2 is 1.85 bits per heavy atom. The molecule has 0 saturated carbocycles. The third kappa shape index (κ3) is 2.78. The highest BCUT2D eigenvalue weighted by Crippen LogP contribution is 2.33. The second kappa shape index (κ2) is 4.66. The van der Waals surface area contributed by atoms with Gasteiger partial charge in [-0.15, -0.1) is 0 Å². The van der Waals surface area contributed by atoms with Gasteiger partial charge in [-0.2, -0.15) is 0 Å². The lowest BCUT2D eigenvalue weighted by molar-refractivity contribution is 0.387. The van der Waals surface area contributed by atoms with E-state index in [-0.39, 0.29) is 15.9 Å². The van der Waals surface area contributed by atoms with Gasteiger partial charge in [-0.3, -0.25) is 9.36 Å². The molecule has 0 aliphatic carbocycles. The molecule has 108 valence electrons. The number of rotatable bonds is 2. The molecule has 8 nitrogen and oxygen atoms in total. The predicted octanol–water partition coefficient (Wildman–Crippen LogP) is -0.368. The maximum Gasteiger partial charge on any atom is 0.361 e. The van der Waals surface area contributed by atoms with Crippen LogP contribution in [0.4, 0.5) is 0 Å². The number of nitrogens with two attached hydrogens (primary N) is 1. The molecular weight excluding hydrogens is 331 g/mol. The van der Waals surface area contributed by atoms with E-state index in [9.17, 15) is 17.8 Å². The van der Waals surface area contributed by atoms with Crippen molar-refractivity contribution in [2.75, 3.05) is 0 Å². The van der Waals surface area contributed by atoms with Crippen molar-refractivity contribution >= 4 is 45.4 Å². The third-order valence-corrected chi connectivity index (χ3v) is 4.83. The standard InChI is InChI=1S/C9H8ClN2O6PS/c10-5-1-4-2-7(19(14,15)16)9(13)12-6(4)3-8(5)20(11,17)18/h1-3H,(H,12,13)(H2,11,17,18)(H2,14,15,16). The van der Waals surface area contributed by atoms with Gasteiger partial charge in [-0.05, 0) is 18.2 Å². The number of H-pyrrole nitrogens is 1. The van der Waals surface area contributed by atoms with E-state index >= 15 is 0 Å². The maximum absolute atomic E-state index is 11.6. The zero-order chi connectivity index (χ0) is 15.3. The summed E-state index contributed by atoms with van der Waals surface area (Å²) >= 11 is 5.75. The molecule has 1 aromatic heterocycles. The van der Waals surface area contributed by atoms with E-state index in [4.69, 9.17) is 26.5 Å². The fourth-order valence-electron chi connectivity index (χ4n) is 1.63. The number of pyridine rings is 1. The van der Waals surface area contributed by atoms with E-state index in [1.807, 2.05) is 0 Å². The van der Waals surface area contributed by atoms with Crippen LogP contribution in [0.15, 0.2) is 27.9 Å². The summed E-state index contributed by atoms with van der Waals surface area (Å²) in [7, 11) is -8.83. The molecule has 1 aromatic carbocycles. The van der Waals surface area contributed by atoms with Crippen LogP contribution < -0.4 is 16.0 Å². The van der Waals surface area contributed by atoms with Gasteiger partial charge in [0.2, 0.25) is 10.0 Å². The van der Waals surface area contributed by atoms with Gasteiger partial charge >= 0.3 is 7.60 Å². The second-order valence-corrected chi connectivity index (χ2v) is 7.45. The molecule has 0 amide bonds. The summed E-state index contributed by atoms with van der Waals surface area (Å²) in [5.74, 6) is 0. The highest BCUT2D eigenvalue weighted by atomic mass is 35.5. The van der Waals surface area contributed by atoms with Crippen LogP contribution in [0.2, 0.25) is 5.02 Å². The normalized spacial score (nSPS) is 12.8. The fraction of sp³-hybridized carbons (Fsp3) is 0. The average molecular weight is 339 g/mol. The summed E-state index contributed by atoms with van der Waals surface area (Å²) in [6.07, 6.45) is 0. The van der Waals surface area contributed by atoms with E-state index in [0.29, 0.717) is 0 Å².